The second kappa shape index (κ2) is 21.2. The molecular weight excluding hydrogens is 408 g/mol. The lowest BCUT2D eigenvalue weighted by molar-refractivity contribution is -0.132. The van der Waals surface area contributed by atoms with Crippen LogP contribution in [0.4, 0.5) is 0 Å². The number of likely N-dealkylation sites (tertiary alicyclic amines) is 2. The molecule has 2 rings (SSSR count). The lowest BCUT2D eigenvalue weighted by Gasteiger charge is -2.26. The van der Waals surface area contributed by atoms with Crippen molar-refractivity contribution in [2.24, 2.45) is 0 Å². The Morgan fingerprint density at radius 1 is 0.606 bits per heavy atom. The van der Waals surface area contributed by atoms with E-state index in [-0.39, 0.29) is 5.91 Å². The molecule has 0 spiro atoms. The van der Waals surface area contributed by atoms with E-state index in [4.69, 9.17) is 0 Å². The van der Waals surface area contributed by atoms with Crippen molar-refractivity contribution in [1.82, 2.24) is 9.80 Å². The van der Waals surface area contributed by atoms with Crippen molar-refractivity contribution >= 4 is 11.8 Å². The van der Waals surface area contributed by atoms with Crippen molar-refractivity contribution in [3.63, 3.8) is 0 Å². The van der Waals surface area contributed by atoms with Gasteiger partial charge < -0.3 is 9.80 Å². The van der Waals surface area contributed by atoms with E-state index in [0.29, 0.717) is 5.91 Å². The summed E-state index contributed by atoms with van der Waals surface area (Å²) in [7, 11) is 0. The maximum Gasteiger partial charge on any atom is 0.246 e. The van der Waals surface area contributed by atoms with Crippen LogP contribution in [0.25, 0.3) is 0 Å². The number of hydrogen-bond donors (Lipinski definition) is 0. The molecule has 0 aromatic carbocycles. The molecule has 2 saturated heterocycles. The third kappa shape index (κ3) is 16.0. The summed E-state index contributed by atoms with van der Waals surface area (Å²) in [6.45, 7) is 8.41. The van der Waals surface area contributed by atoms with Crippen LogP contribution >= 0.6 is 0 Å². The molecule has 2 fully saturated rings. The number of piperidine rings is 1. The Hall–Kier alpha value is -1.32. The molecule has 2 heterocycles. The Morgan fingerprint density at radius 3 is 1.70 bits per heavy atom. The Balaban J connectivity index is 0.000000331. The molecule has 2 aliphatic heterocycles. The molecule has 0 atom stereocenters. The van der Waals surface area contributed by atoms with Gasteiger partial charge in [-0.2, -0.15) is 0 Å². The van der Waals surface area contributed by atoms with Crippen molar-refractivity contribution in [2.75, 3.05) is 26.2 Å². The third-order valence-corrected chi connectivity index (χ3v) is 6.86. The molecule has 0 radical (unpaired) electrons. The maximum absolute atomic E-state index is 11.9. The Bertz CT molecular complexity index is 506. The van der Waals surface area contributed by atoms with Crippen LogP contribution in [-0.4, -0.2) is 47.8 Å². The van der Waals surface area contributed by atoms with Crippen LogP contribution in [0, 0.1) is 0 Å². The third-order valence-electron chi connectivity index (χ3n) is 6.86. The predicted molar refractivity (Wildman–Crippen MR) is 141 cm³/mol. The van der Waals surface area contributed by atoms with E-state index in [9.17, 15) is 9.59 Å². The zero-order chi connectivity index (χ0) is 24.0. The lowest BCUT2D eigenvalue weighted by atomic mass is 10.1. The summed E-state index contributed by atoms with van der Waals surface area (Å²) in [4.78, 5) is 27.5. The lowest BCUT2D eigenvalue weighted by Crippen LogP contribution is -2.35. The number of amides is 2. The number of nitrogens with zero attached hydrogens (tertiary/aromatic N) is 2. The van der Waals surface area contributed by atoms with Crippen LogP contribution in [0.3, 0.4) is 0 Å². The fraction of sp³-hybridized carbons (Fsp3) is 0.862. The summed E-state index contributed by atoms with van der Waals surface area (Å²) in [5.41, 5.74) is 0. The van der Waals surface area contributed by atoms with E-state index in [1.165, 1.54) is 103 Å². The molecule has 33 heavy (non-hydrogen) atoms. The zero-order valence-electron chi connectivity index (χ0n) is 22.1. The number of carbonyl (C=O) groups excluding carboxylic acids is 2. The number of hydrogen-bond acceptors (Lipinski definition) is 2. The molecule has 4 heteroatoms. The largest absolute Gasteiger partial charge is 0.343 e. The first-order valence-corrected chi connectivity index (χ1v) is 14.4. The van der Waals surface area contributed by atoms with Gasteiger partial charge in [0, 0.05) is 32.6 Å². The summed E-state index contributed by atoms with van der Waals surface area (Å²) in [6.07, 6.45) is 27.3. The molecule has 0 aromatic heterocycles. The van der Waals surface area contributed by atoms with Gasteiger partial charge in [-0.05, 0) is 57.4 Å². The van der Waals surface area contributed by atoms with E-state index in [1.807, 2.05) is 11.0 Å². The van der Waals surface area contributed by atoms with Crippen molar-refractivity contribution in [2.45, 2.75) is 136 Å². The van der Waals surface area contributed by atoms with Crippen molar-refractivity contribution in [1.29, 1.82) is 0 Å². The first kappa shape index (κ1) is 29.7. The monoisotopic (exact) mass is 462 g/mol. The fourth-order valence-corrected chi connectivity index (χ4v) is 4.63. The number of carbonyl (C=O) groups is 2. The van der Waals surface area contributed by atoms with Crippen LogP contribution < -0.4 is 0 Å². The Morgan fingerprint density at radius 2 is 1.09 bits per heavy atom. The van der Waals surface area contributed by atoms with Gasteiger partial charge in [-0.15, -0.1) is 0 Å². The highest BCUT2D eigenvalue weighted by atomic mass is 16.2. The zero-order valence-corrected chi connectivity index (χ0v) is 22.1. The van der Waals surface area contributed by atoms with Gasteiger partial charge in [0.2, 0.25) is 11.8 Å². The summed E-state index contributed by atoms with van der Waals surface area (Å²) >= 11 is 0. The molecule has 0 N–H and O–H groups in total. The highest BCUT2D eigenvalue weighted by Gasteiger charge is 2.15. The average molecular weight is 463 g/mol. The van der Waals surface area contributed by atoms with Gasteiger partial charge in [0.1, 0.15) is 0 Å². The molecule has 2 aliphatic rings. The molecule has 0 unspecified atom stereocenters. The van der Waals surface area contributed by atoms with Crippen LogP contribution in [0.5, 0.6) is 0 Å². The van der Waals surface area contributed by atoms with Gasteiger partial charge in [0.15, 0.2) is 0 Å². The number of allylic oxidation sites excluding steroid dienone is 1. The topological polar surface area (TPSA) is 40.6 Å². The average Bonchev–Trinajstić information content (AvgIpc) is 3.39. The first-order chi connectivity index (χ1) is 16.2. The van der Waals surface area contributed by atoms with Gasteiger partial charge in [-0.25, -0.2) is 0 Å². The minimum absolute atomic E-state index is 0.214. The van der Waals surface area contributed by atoms with Crippen molar-refractivity contribution in [3.8, 4) is 0 Å². The molecule has 0 bridgehead atoms. The summed E-state index contributed by atoms with van der Waals surface area (Å²) in [5.74, 6) is 0.615. The summed E-state index contributed by atoms with van der Waals surface area (Å²) < 4.78 is 0. The van der Waals surface area contributed by atoms with Crippen LogP contribution in [0.15, 0.2) is 12.2 Å². The normalized spacial score (nSPS) is 16.2. The highest BCUT2D eigenvalue weighted by molar-refractivity contribution is 5.87. The molecular formula is C29H54N2O2. The quantitative estimate of drug-likeness (QED) is 0.185. The van der Waals surface area contributed by atoms with Crippen LogP contribution in [-0.2, 0) is 9.59 Å². The molecule has 4 nitrogen and oxygen atoms in total. The SMILES string of the molecule is CCCCCCC/C=C/C(=O)N1CCCC1.CCCCCCCCCC(=O)N1CCCCC1. The van der Waals surface area contributed by atoms with E-state index in [0.717, 1.165) is 45.4 Å². The van der Waals surface area contributed by atoms with E-state index >= 15 is 0 Å². The van der Waals surface area contributed by atoms with Crippen LogP contribution in [0.1, 0.15) is 136 Å². The molecule has 0 aliphatic carbocycles. The highest BCUT2D eigenvalue weighted by Crippen LogP contribution is 2.13. The minimum atomic E-state index is 0.214. The standard InChI is InChI=1S/C15H29NO.C14H25NO/c1-2-3-4-5-6-7-9-12-15(17)16-13-10-8-11-14-16;1-2-3-4-5-6-7-8-11-14(16)15-12-9-10-13-15/h2-14H2,1H3;8,11H,2-7,9-10,12-13H2,1H3/b;11-8+. The summed E-state index contributed by atoms with van der Waals surface area (Å²) in [6, 6.07) is 0. The van der Waals surface area contributed by atoms with Gasteiger partial charge >= 0.3 is 0 Å². The number of unbranched alkanes of at least 4 members (excludes halogenated alkanes) is 11. The van der Waals surface area contributed by atoms with Gasteiger partial charge in [0.05, 0.1) is 0 Å². The van der Waals surface area contributed by atoms with E-state index in [1.54, 1.807) is 6.08 Å². The Labute approximate surface area is 205 Å². The smallest absolute Gasteiger partial charge is 0.246 e. The first-order valence-electron chi connectivity index (χ1n) is 14.4. The molecule has 2 amide bonds. The number of rotatable bonds is 15. The van der Waals surface area contributed by atoms with Crippen molar-refractivity contribution < 1.29 is 9.59 Å². The van der Waals surface area contributed by atoms with Gasteiger partial charge in [0.25, 0.3) is 0 Å². The van der Waals surface area contributed by atoms with Crippen LogP contribution in [0.2, 0.25) is 0 Å². The second-order valence-electron chi connectivity index (χ2n) is 9.95. The van der Waals surface area contributed by atoms with Gasteiger partial charge in [-0.1, -0.05) is 84.1 Å². The van der Waals surface area contributed by atoms with Gasteiger partial charge in [-0.3, -0.25) is 9.59 Å². The minimum Gasteiger partial charge on any atom is -0.343 e. The Kier molecular flexibility index (Phi) is 19.1. The van der Waals surface area contributed by atoms with E-state index < -0.39 is 0 Å². The van der Waals surface area contributed by atoms with E-state index in [2.05, 4.69) is 18.7 Å². The molecule has 0 aromatic rings. The van der Waals surface area contributed by atoms with Crippen molar-refractivity contribution in [3.05, 3.63) is 12.2 Å². The molecule has 192 valence electrons. The maximum atomic E-state index is 11.9. The fourth-order valence-electron chi connectivity index (χ4n) is 4.63. The second-order valence-corrected chi connectivity index (χ2v) is 9.95. The predicted octanol–water partition coefficient (Wildman–Crippen LogP) is 7.67. The molecule has 0 saturated carbocycles. The summed E-state index contributed by atoms with van der Waals surface area (Å²) in [5, 5.41) is 0.